The van der Waals surface area contributed by atoms with Gasteiger partial charge in [0.2, 0.25) is 0 Å². The second-order valence-corrected chi connectivity index (χ2v) is 5.40. The standard InChI is InChI=1S/C15H23NO2/c17-11-14(13-4-2-1-3-5-13)10-15(12-18)6-8-16-9-7-15/h1-5,14,16-18H,6-12H2/t14-/m0/s1. The maximum Gasteiger partial charge on any atom is 0.0499 e. The molecule has 0 aliphatic carbocycles. The van der Waals surface area contributed by atoms with Gasteiger partial charge in [0.15, 0.2) is 0 Å². The molecule has 100 valence electrons. The zero-order valence-electron chi connectivity index (χ0n) is 10.8. The Morgan fingerprint density at radius 2 is 1.78 bits per heavy atom. The highest BCUT2D eigenvalue weighted by molar-refractivity contribution is 5.20. The number of hydrogen-bond acceptors (Lipinski definition) is 3. The van der Waals surface area contributed by atoms with E-state index < -0.39 is 0 Å². The second-order valence-electron chi connectivity index (χ2n) is 5.40. The molecule has 18 heavy (non-hydrogen) atoms. The molecule has 1 heterocycles. The number of piperidine rings is 1. The quantitative estimate of drug-likeness (QED) is 0.741. The van der Waals surface area contributed by atoms with Gasteiger partial charge in [-0.05, 0) is 43.3 Å². The summed E-state index contributed by atoms with van der Waals surface area (Å²) >= 11 is 0. The summed E-state index contributed by atoms with van der Waals surface area (Å²) in [6.07, 6.45) is 2.85. The Kier molecular flexibility index (Phi) is 4.75. The van der Waals surface area contributed by atoms with E-state index in [1.54, 1.807) is 0 Å². The molecule has 0 saturated carbocycles. The summed E-state index contributed by atoms with van der Waals surface area (Å²) in [6.45, 7) is 2.30. The number of hydrogen-bond donors (Lipinski definition) is 3. The molecule has 0 radical (unpaired) electrons. The van der Waals surface area contributed by atoms with Crippen molar-refractivity contribution in [1.82, 2.24) is 5.32 Å². The average Bonchev–Trinajstić information content (AvgIpc) is 2.47. The minimum Gasteiger partial charge on any atom is -0.396 e. The first-order chi connectivity index (χ1) is 8.79. The molecule has 1 aliphatic heterocycles. The third kappa shape index (κ3) is 3.10. The molecule has 3 nitrogen and oxygen atoms in total. The molecular weight excluding hydrogens is 226 g/mol. The van der Waals surface area contributed by atoms with Crippen molar-refractivity contribution in [2.45, 2.75) is 25.2 Å². The topological polar surface area (TPSA) is 52.5 Å². The van der Waals surface area contributed by atoms with Gasteiger partial charge in [0.05, 0.1) is 0 Å². The molecule has 1 fully saturated rings. The van der Waals surface area contributed by atoms with Gasteiger partial charge in [0.25, 0.3) is 0 Å². The highest BCUT2D eigenvalue weighted by Gasteiger charge is 2.34. The first-order valence-corrected chi connectivity index (χ1v) is 6.77. The Bertz CT molecular complexity index is 347. The van der Waals surface area contributed by atoms with E-state index in [1.807, 2.05) is 18.2 Å². The number of aliphatic hydroxyl groups is 2. The van der Waals surface area contributed by atoms with Crippen LogP contribution in [0.3, 0.4) is 0 Å². The molecular formula is C15H23NO2. The molecule has 0 unspecified atom stereocenters. The zero-order valence-corrected chi connectivity index (χ0v) is 10.8. The van der Waals surface area contributed by atoms with Gasteiger partial charge in [-0.1, -0.05) is 30.3 Å². The smallest absolute Gasteiger partial charge is 0.0499 e. The Balaban J connectivity index is 2.09. The summed E-state index contributed by atoms with van der Waals surface area (Å²) < 4.78 is 0. The van der Waals surface area contributed by atoms with Crippen molar-refractivity contribution >= 4 is 0 Å². The van der Waals surface area contributed by atoms with Crippen LogP contribution in [0.15, 0.2) is 30.3 Å². The number of benzene rings is 1. The molecule has 1 atom stereocenters. The Hall–Kier alpha value is -0.900. The number of nitrogens with one attached hydrogen (secondary N) is 1. The Morgan fingerprint density at radius 1 is 1.11 bits per heavy atom. The van der Waals surface area contributed by atoms with E-state index >= 15 is 0 Å². The van der Waals surface area contributed by atoms with Crippen LogP contribution in [-0.2, 0) is 0 Å². The van der Waals surface area contributed by atoms with Crippen LogP contribution in [-0.4, -0.2) is 36.5 Å². The lowest BCUT2D eigenvalue weighted by molar-refractivity contribution is 0.0644. The van der Waals surface area contributed by atoms with Crippen LogP contribution in [0.25, 0.3) is 0 Å². The van der Waals surface area contributed by atoms with Gasteiger partial charge in [-0.25, -0.2) is 0 Å². The lowest BCUT2D eigenvalue weighted by atomic mass is 9.72. The molecule has 3 N–H and O–H groups in total. The van der Waals surface area contributed by atoms with Gasteiger partial charge in [0.1, 0.15) is 0 Å². The Morgan fingerprint density at radius 3 is 2.33 bits per heavy atom. The van der Waals surface area contributed by atoms with Crippen molar-refractivity contribution in [2.24, 2.45) is 5.41 Å². The molecule has 1 aliphatic rings. The number of aliphatic hydroxyl groups excluding tert-OH is 2. The highest BCUT2D eigenvalue weighted by atomic mass is 16.3. The fraction of sp³-hybridized carbons (Fsp3) is 0.600. The summed E-state index contributed by atoms with van der Waals surface area (Å²) in [4.78, 5) is 0. The van der Waals surface area contributed by atoms with E-state index in [2.05, 4.69) is 17.4 Å². The van der Waals surface area contributed by atoms with Crippen molar-refractivity contribution in [3.8, 4) is 0 Å². The van der Waals surface area contributed by atoms with Gasteiger partial charge in [-0.15, -0.1) is 0 Å². The van der Waals surface area contributed by atoms with Crippen LogP contribution >= 0.6 is 0 Å². The third-order valence-electron chi connectivity index (χ3n) is 4.17. The average molecular weight is 249 g/mol. The van der Waals surface area contributed by atoms with E-state index in [0.717, 1.165) is 32.4 Å². The molecule has 0 spiro atoms. The fourth-order valence-electron chi connectivity index (χ4n) is 2.92. The normalized spacial score (nSPS) is 20.6. The molecule has 0 amide bonds. The van der Waals surface area contributed by atoms with Crippen molar-refractivity contribution in [3.63, 3.8) is 0 Å². The predicted octanol–water partition coefficient (Wildman–Crippen LogP) is 1.51. The van der Waals surface area contributed by atoms with Crippen LogP contribution in [0.2, 0.25) is 0 Å². The fourth-order valence-corrected chi connectivity index (χ4v) is 2.92. The number of rotatable bonds is 5. The molecule has 2 rings (SSSR count). The first kappa shape index (κ1) is 13.5. The van der Waals surface area contributed by atoms with Crippen LogP contribution in [0.4, 0.5) is 0 Å². The van der Waals surface area contributed by atoms with Gasteiger partial charge in [-0.3, -0.25) is 0 Å². The van der Waals surface area contributed by atoms with Crippen LogP contribution in [0, 0.1) is 5.41 Å². The summed E-state index contributed by atoms with van der Waals surface area (Å²) in [7, 11) is 0. The largest absolute Gasteiger partial charge is 0.396 e. The molecule has 1 aromatic rings. The lowest BCUT2D eigenvalue weighted by Gasteiger charge is -2.38. The monoisotopic (exact) mass is 249 g/mol. The summed E-state index contributed by atoms with van der Waals surface area (Å²) in [5.74, 6) is 0.136. The van der Waals surface area contributed by atoms with Crippen molar-refractivity contribution in [3.05, 3.63) is 35.9 Å². The van der Waals surface area contributed by atoms with E-state index in [-0.39, 0.29) is 24.5 Å². The SMILES string of the molecule is OC[C@H](CC1(CO)CCNCC1)c1ccccc1. The van der Waals surface area contributed by atoms with Crippen LogP contribution in [0.5, 0.6) is 0 Å². The molecule has 0 aromatic heterocycles. The van der Waals surface area contributed by atoms with Crippen molar-refractivity contribution in [1.29, 1.82) is 0 Å². The summed E-state index contributed by atoms with van der Waals surface area (Å²) in [5.41, 5.74) is 1.15. The van der Waals surface area contributed by atoms with Crippen molar-refractivity contribution in [2.75, 3.05) is 26.3 Å². The van der Waals surface area contributed by atoms with Gasteiger partial charge < -0.3 is 15.5 Å². The van der Waals surface area contributed by atoms with E-state index in [0.29, 0.717) is 0 Å². The highest BCUT2D eigenvalue weighted by Crippen LogP contribution is 2.38. The van der Waals surface area contributed by atoms with E-state index in [1.165, 1.54) is 5.56 Å². The minimum absolute atomic E-state index is 0.0194. The van der Waals surface area contributed by atoms with Crippen molar-refractivity contribution < 1.29 is 10.2 Å². The first-order valence-electron chi connectivity index (χ1n) is 6.77. The lowest BCUT2D eigenvalue weighted by Crippen LogP contribution is -2.40. The van der Waals surface area contributed by atoms with Gasteiger partial charge >= 0.3 is 0 Å². The summed E-state index contributed by atoms with van der Waals surface area (Å²) in [5, 5.41) is 22.7. The second kappa shape index (κ2) is 6.32. The van der Waals surface area contributed by atoms with E-state index in [9.17, 15) is 10.2 Å². The zero-order chi connectivity index (χ0) is 12.8. The maximum absolute atomic E-state index is 9.72. The van der Waals surface area contributed by atoms with Gasteiger partial charge in [0, 0.05) is 19.1 Å². The van der Waals surface area contributed by atoms with Crippen LogP contribution in [0.1, 0.15) is 30.7 Å². The molecule has 3 heteroatoms. The molecule has 1 aromatic carbocycles. The molecule has 0 bridgehead atoms. The molecule has 1 saturated heterocycles. The predicted molar refractivity (Wildman–Crippen MR) is 72.5 cm³/mol. The Labute approximate surface area is 109 Å². The maximum atomic E-state index is 9.72. The van der Waals surface area contributed by atoms with Gasteiger partial charge in [-0.2, -0.15) is 0 Å². The summed E-state index contributed by atoms with van der Waals surface area (Å²) in [6, 6.07) is 10.1. The van der Waals surface area contributed by atoms with E-state index in [4.69, 9.17) is 0 Å². The minimum atomic E-state index is -0.0194. The third-order valence-corrected chi connectivity index (χ3v) is 4.17. The van der Waals surface area contributed by atoms with Crippen LogP contribution < -0.4 is 5.32 Å².